The molecule has 0 aliphatic rings. The largest absolute Gasteiger partial charge is 0.416 e. The molecule has 3 rings (SSSR count). The summed E-state index contributed by atoms with van der Waals surface area (Å²) in [5.41, 5.74) is 1.16. The number of pyridine rings is 1. The lowest BCUT2D eigenvalue weighted by atomic mass is 10.2. The van der Waals surface area contributed by atoms with E-state index in [2.05, 4.69) is 41.5 Å². The molecule has 6 nitrogen and oxygen atoms in total. The van der Waals surface area contributed by atoms with E-state index in [4.69, 9.17) is 0 Å². The number of nitrogens with zero attached hydrogens (tertiary/aromatic N) is 4. The number of hydrogen-bond donors (Lipinski definition) is 2. The van der Waals surface area contributed by atoms with Crippen LogP contribution in [0.2, 0.25) is 0 Å². The molecule has 1 aromatic carbocycles. The van der Waals surface area contributed by atoms with Crippen molar-refractivity contribution in [1.29, 1.82) is 0 Å². The summed E-state index contributed by atoms with van der Waals surface area (Å²) in [6.07, 6.45) is -1.06. The Morgan fingerprint density at radius 2 is 1.90 bits per heavy atom. The minimum Gasteiger partial charge on any atom is -0.353 e. The predicted molar refractivity (Wildman–Crippen MR) is 115 cm³/mol. The average Bonchev–Trinajstić information content (AvgIpc) is 2.69. The molecule has 2 N–H and O–H groups in total. The van der Waals surface area contributed by atoms with E-state index in [1.54, 1.807) is 24.5 Å². The number of hydrogen-bond acceptors (Lipinski definition) is 6. The van der Waals surface area contributed by atoms with Crippen molar-refractivity contribution in [3.63, 3.8) is 0 Å². The van der Waals surface area contributed by atoms with E-state index in [1.807, 2.05) is 25.1 Å². The fraction of sp³-hybridized carbons (Fsp3) is 0.250. The number of halogens is 4. The van der Waals surface area contributed by atoms with E-state index in [9.17, 15) is 13.2 Å². The van der Waals surface area contributed by atoms with Crippen LogP contribution in [0.1, 0.15) is 5.56 Å². The number of nitrogens with one attached hydrogen (secondary N) is 2. The Labute approximate surface area is 180 Å². The van der Waals surface area contributed by atoms with E-state index >= 15 is 0 Å². The number of rotatable bonds is 7. The highest BCUT2D eigenvalue weighted by Crippen LogP contribution is 2.35. The van der Waals surface area contributed by atoms with Gasteiger partial charge in [-0.3, -0.25) is 4.98 Å². The standard InChI is InChI=1S/C20H20BrF3N6/c1-30(2)9-8-26-19-28-17(13-4-3-7-25-12-13)11-18(29-19)27-16-6-5-14(10-15(16)21)20(22,23)24/h3-7,10-12H,8-9H2,1-2H3,(H2,26,27,28,29). The van der Waals surface area contributed by atoms with Crippen LogP contribution in [0.25, 0.3) is 11.3 Å². The molecule has 0 saturated carbocycles. The molecule has 3 aromatic rings. The molecule has 10 heteroatoms. The van der Waals surface area contributed by atoms with Crippen molar-refractivity contribution in [1.82, 2.24) is 19.9 Å². The van der Waals surface area contributed by atoms with Gasteiger partial charge in [0.15, 0.2) is 0 Å². The van der Waals surface area contributed by atoms with Crippen LogP contribution in [-0.2, 0) is 6.18 Å². The predicted octanol–water partition coefficient (Wildman–Crippen LogP) is 5.04. The van der Waals surface area contributed by atoms with Gasteiger partial charge in [-0.25, -0.2) is 4.98 Å². The second-order valence-electron chi connectivity index (χ2n) is 6.75. The smallest absolute Gasteiger partial charge is 0.353 e. The quantitative estimate of drug-likeness (QED) is 0.493. The lowest BCUT2D eigenvalue weighted by Gasteiger charge is -2.14. The van der Waals surface area contributed by atoms with Gasteiger partial charge >= 0.3 is 6.18 Å². The van der Waals surface area contributed by atoms with Crippen molar-refractivity contribution in [3.05, 3.63) is 58.8 Å². The average molecular weight is 481 g/mol. The molecule has 0 bridgehead atoms. The fourth-order valence-corrected chi connectivity index (χ4v) is 3.05. The van der Waals surface area contributed by atoms with Gasteiger partial charge in [0.1, 0.15) is 5.82 Å². The molecule has 0 radical (unpaired) electrons. The lowest BCUT2D eigenvalue weighted by molar-refractivity contribution is -0.137. The lowest BCUT2D eigenvalue weighted by Crippen LogP contribution is -2.21. The molecular weight excluding hydrogens is 461 g/mol. The van der Waals surface area contributed by atoms with Gasteiger partial charge in [0, 0.05) is 41.6 Å². The third-order valence-electron chi connectivity index (χ3n) is 4.08. The third-order valence-corrected chi connectivity index (χ3v) is 4.74. The zero-order chi connectivity index (χ0) is 21.7. The van der Waals surface area contributed by atoms with E-state index in [0.29, 0.717) is 29.7 Å². The minimum absolute atomic E-state index is 0.279. The molecule has 0 fully saturated rings. The molecule has 30 heavy (non-hydrogen) atoms. The van der Waals surface area contributed by atoms with Crippen LogP contribution in [0.5, 0.6) is 0 Å². The van der Waals surface area contributed by atoms with Crippen LogP contribution < -0.4 is 10.6 Å². The first-order valence-corrected chi connectivity index (χ1v) is 9.83. The monoisotopic (exact) mass is 480 g/mol. The Kier molecular flexibility index (Phi) is 6.88. The molecule has 0 unspecified atom stereocenters. The molecule has 0 spiro atoms. The summed E-state index contributed by atoms with van der Waals surface area (Å²) in [4.78, 5) is 15.1. The van der Waals surface area contributed by atoms with Crippen molar-refractivity contribution < 1.29 is 13.2 Å². The summed E-state index contributed by atoms with van der Waals surface area (Å²) in [5, 5.41) is 6.24. The topological polar surface area (TPSA) is 66.0 Å². The highest BCUT2D eigenvalue weighted by Gasteiger charge is 2.30. The zero-order valence-corrected chi connectivity index (χ0v) is 17.9. The Morgan fingerprint density at radius 3 is 2.53 bits per heavy atom. The van der Waals surface area contributed by atoms with Gasteiger partial charge in [-0.15, -0.1) is 0 Å². The molecule has 2 aromatic heterocycles. The van der Waals surface area contributed by atoms with Crippen molar-refractivity contribution in [2.75, 3.05) is 37.8 Å². The summed E-state index contributed by atoms with van der Waals surface area (Å²) < 4.78 is 39.0. The number of anilines is 3. The van der Waals surface area contributed by atoms with Gasteiger partial charge in [0.2, 0.25) is 5.95 Å². The Balaban J connectivity index is 1.91. The third kappa shape index (κ3) is 5.90. The first kappa shape index (κ1) is 22.0. The molecule has 0 saturated heterocycles. The molecule has 158 valence electrons. The maximum absolute atomic E-state index is 12.9. The summed E-state index contributed by atoms with van der Waals surface area (Å²) in [6.45, 7) is 1.42. The first-order valence-electron chi connectivity index (χ1n) is 9.04. The summed E-state index contributed by atoms with van der Waals surface area (Å²) in [6, 6.07) is 8.80. The SMILES string of the molecule is CN(C)CCNc1nc(Nc2ccc(C(F)(F)F)cc2Br)cc(-c2cccnc2)n1. The van der Waals surface area contributed by atoms with Crippen molar-refractivity contribution in [2.24, 2.45) is 0 Å². The first-order chi connectivity index (χ1) is 14.2. The Morgan fingerprint density at radius 1 is 1.10 bits per heavy atom. The van der Waals surface area contributed by atoms with Gasteiger partial charge in [0.25, 0.3) is 0 Å². The molecule has 0 aliphatic heterocycles. The van der Waals surface area contributed by atoms with Gasteiger partial charge in [-0.05, 0) is 60.4 Å². The molecule has 0 aliphatic carbocycles. The molecule has 2 heterocycles. The van der Waals surface area contributed by atoms with E-state index in [1.165, 1.54) is 6.07 Å². The number of benzene rings is 1. The Hall–Kier alpha value is -2.72. The summed E-state index contributed by atoms with van der Waals surface area (Å²) in [7, 11) is 3.92. The van der Waals surface area contributed by atoms with Gasteiger partial charge < -0.3 is 15.5 Å². The van der Waals surface area contributed by atoms with Crippen molar-refractivity contribution >= 4 is 33.4 Å². The van der Waals surface area contributed by atoms with Crippen LogP contribution in [0, 0.1) is 0 Å². The van der Waals surface area contributed by atoms with E-state index in [-0.39, 0.29) is 4.47 Å². The van der Waals surface area contributed by atoms with Crippen LogP contribution in [0.3, 0.4) is 0 Å². The van der Waals surface area contributed by atoms with Gasteiger partial charge in [0.05, 0.1) is 16.9 Å². The van der Waals surface area contributed by atoms with E-state index < -0.39 is 11.7 Å². The highest BCUT2D eigenvalue weighted by atomic mass is 79.9. The number of alkyl halides is 3. The summed E-state index contributed by atoms with van der Waals surface area (Å²) in [5.74, 6) is 0.848. The minimum atomic E-state index is -4.41. The zero-order valence-electron chi connectivity index (χ0n) is 16.3. The normalized spacial score (nSPS) is 11.6. The highest BCUT2D eigenvalue weighted by molar-refractivity contribution is 9.10. The summed E-state index contributed by atoms with van der Waals surface area (Å²) >= 11 is 3.20. The second-order valence-corrected chi connectivity index (χ2v) is 7.61. The van der Waals surface area contributed by atoms with Crippen LogP contribution in [-0.4, -0.2) is 47.0 Å². The Bertz CT molecular complexity index is 996. The van der Waals surface area contributed by atoms with Crippen molar-refractivity contribution in [2.45, 2.75) is 6.18 Å². The van der Waals surface area contributed by atoms with Gasteiger partial charge in [-0.1, -0.05) is 0 Å². The van der Waals surface area contributed by atoms with Crippen LogP contribution in [0.4, 0.5) is 30.6 Å². The number of likely N-dealkylation sites (N-methyl/N-ethyl adjacent to an activating group) is 1. The van der Waals surface area contributed by atoms with Gasteiger partial charge in [-0.2, -0.15) is 18.2 Å². The number of aromatic nitrogens is 3. The molecule has 0 amide bonds. The fourth-order valence-electron chi connectivity index (χ4n) is 2.57. The maximum Gasteiger partial charge on any atom is 0.416 e. The van der Waals surface area contributed by atoms with Crippen molar-refractivity contribution in [3.8, 4) is 11.3 Å². The molecule has 0 atom stereocenters. The second kappa shape index (κ2) is 9.40. The van der Waals surface area contributed by atoms with Crippen LogP contribution in [0.15, 0.2) is 53.3 Å². The maximum atomic E-state index is 12.9. The van der Waals surface area contributed by atoms with Crippen LogP contribution >= 0.6 is 15.9 Å². The van der Waals surface area contributed by atoms with E-state index in [0.717, 1.165) is 24.2 Å². The molecular formula is C20H20BrF3N6.